The number of nitrogens with zero attached hydrogens (tertiary/aromatic N) is 3. The Bertz CT molecular complexity index is 539. The zero-order chi connectivity index (χ0) is 15.1. The van der Waals surface area contributed by atoms with Gasteiger partial charge in [0.15, 0.2) is 0 Å². The molecular weight excluding hydrogens is 264 g/mol. The summed E-state index contributed by atoms with van der Waals surface area (Å²) in [6.45, 7) is 4.52. The minimum Gasteiger partial charge on any atom is -0.497 e. The van der Waals surface area contributed by atoms with Crippen molar-refractivity contribution in [2.24, 2.45) is 0 Å². The smallest absolute Gasteiger partial charge is 0.144 e. The van der Waals surface area contributed by atoms with Crippen molar-refractivity contribution in [3.8, 4) is 5.75 Å². The van der Waals surface area contributed by atoms with E-state index in [4.69, 9.17) is 4.74 Å². The standard InChI is InChI=1S/C16H22N4O/c1-4-17-16-10-18-14(9-19-16)12-20(2)11-13-5-7-15(21-3)8-6-13/h5-10H,4,11-12H2,1-3H3,(H,17,19). The average Bonchev–Trinajstić information content (AvgIpc) is 2.50. The van der Waals surface area contributed by atoms with Gasteiger partial charge in [-0.3, -0.25) is 9.88 Å². The van der Waals surface area contributed by atoms with Gasteiger partial charge in [-0.25, -0.2) is 4.98 Å². The summed E-state index contributed by atoms with van der Waals surface area (Å²) in [6.07, 6.45) is 3.60. The second kappa shape index (κ2) is 7.59. The Morgan fingerprint density at radius 2 is 1.86 bits per heavy atom. The molecule has 1 heterocycles. The summed E-state index contributed by atoms with van der Waals surface area (Å²) < 4.78 is 5.16. The van der Waals surface area contributed by atoms with E-state index in [0.717, 1.165) is 36.9 Å². The van der Waals surface area contributed by atoms with Crippen LogP contribution in [-0.2, 0) is 13.1 Å². The summed E-state index contributed by atoms with van der Waals surface area (Å²) >= 11 is 0. The number of ether oxygens (including phenoxy) is 1. The first-order valence-electron chi connectivity index (χ1n) is 7.07. The predicted octanol–water partition coefficient (Wildman–Crippen LogP) is 2.55. The molecule has 0 radical (unpaired) electrons. The molecule has 0 saturated carbocycles. The summed E-state index contributed by atoms with van der Waals surface area (Å²) in [5.41, 5.74) is 2.21. The Labute approximate surface area is 126 Å². The lowest BCUT2D eigenvalue weighted by molar-refractivity contribution is 0.314. The number of hydrogen-bond donors (Lipinski definition) is 1. The van der Waals surface area contributed by atoms with Crippen molar-refractivity contribution >= 4 is 5.82 Å². The van der Waals surface area contributed by atoms with Crippen molar-refractivity contribution in [3.05, 3.63) is 47.9 Å². The van der Waals surface area contributed by atoms with Crippen molar-refractivity contribution in [2.75, 3.05) is 26.0 Å². The summed E-state index contributed by atoms with van der Waals surface area (Å²) in [5, 5.41) is 3.14. The lowest BCUT2D eigenvalue weighted by atomic mass is 10.2. The first-order chi connectivity index (χ1) is 10.2. The second-order valence-corrected chi connectivity index (χ2v) is 4.94. The van der Waals surface area contributed by atoms with Crippen molar-refractivity contribution < 1.29 is 4.74 Å². The van der Waals surface area contributed by atoms with Crippen molar-refractivity contribution in [2.45, 2.75) is 20.0 Å². The Hall–Kier alpha value is -2.14. The van der Waals surface area contributed by atoms with Crippen molar-refractivity contribution in [1.82, 2.24) is 14.9 Å². The topological polar surface area (TPSA) is 50.3 Å². The van der Waals surface area contributed by atoms with Gasteiger partial charge in [0.25, 0.3) is 0 Å². The number of rotatable bonds is 7. The molecule has 112 valence electrons. The van der Waals surface area contributed by atoms with Gasteiger partial charge in [-0.15, -0.1) is 0 Å². The van der Waals surface area contributed by atoms with Crippen LogP contribution in [0.3, 0.4) is 0 Å². The van der Waals surface area contributed by atoms with E-state index in [-0.39, 0.29) is 0 Å². The van der Waals surface area contributed by atoms with E-state index < -0.39 is 0 Å². The van der Waals surface area contributed by atoms with E-state index in [1.807, 2.05) is 25.3 Å². The molecule has 1 aromatic carbocycles. The fourth-order valence-electron chi connectivity index (χ4n) is 2.08. The maximum absolute atomic E-state index is 5.16. The van der Waals surface area contributed by atoms with Gasteiger partial charge in [-0.2, -0.15) is 0 Å². The number of benzene rings is 1. The van der Waals surface area contributed by atoms with E-state index in [1.165, 1.54) is 5.56 Å². The van der Waals surface area contributed by atoms with Crippen LogP contribution in [0.2, 0.25) is 0 Å². The molecule has 0 bridgehead atoms. The number of methoxy groups -OCH3 is 1. The third kappa shape index (κ3) is 4.72. The van der Waals surface area contributed by atoms with Gasteiger partial charge in [0.05, 0.1) is 25.2 Å². The van der Waals surface area contributed by atoms with Crippen LogP contribution in [0, 0.1) is 0 Å². The van der Waals surface area contributed by atoms with Crippen LogP contribution in [0.25, 0.3) is 0 Å². The van der Waals surface area contributed by atoms with Crippen molar-refractivity contribution in [1.29, 1.82) is 0 Å². The summed E-state index contributed by atoms with van der Waals surface area (Å²) in [4.78, 5) is 11.0. The van der Waals surface area contributed by atoms with Gasteiger partial charge in [0.1, 0.15) is 11.6 Å². The minimum absolute atomic E-state index is 0.769. The first kappa shape index (κ1) is 15.3. The van der Waals surface area contributed by atoms with Crippen LogP contribution in [0.4, 0.5) is 5.82 Å². The van der Waals surface area contributed by atoms with Crippen molar-refractivity contribution in [3.63, 3.8) is 0 Å². The van der Waals surface area contributed by atoms with Gasteiger partial charge < -0.3 is 10.1 Å². The van der Waals surface area contributed by atoms with Crippen LogP contribution in [-0.4, -0.2) is 35.6 Å². The Kier molecular flexibility index (Phi) is 5.51. The van der Waals surface area contributed by atoms with E-state index >= 15 is 0 Å². The number of anilines is 1. The number of nitrogens with one attached hydrogen (secondary N) is 1. The second-order valence-electron chi connectivity index (χ2n) is 4.94. The maximum atomic E-state index is 5.16. The molecule has 1 aromatic heterocycles. The zero-order valence-electron chi connectivity index (χ0n) is 12.8. The lowest BCUT2D eigenvalue weighted by Crippen LogP contribution is -2.18. The quantitative estimate of drug-likeness (QED) is 0.847. The molecule has 0 unspecified atom stereocenters. The minimum atomic E-state index is 0.769. The number of hydrogen-bond acceptors (Lipinski definition) is 5. The van der Waals surface area contributed by atoms with E-state index in [9.17, 15) is 0 Å². The average molecular weight is 286 g/mol. The molecule has 21 heavy (non-hydrogen) atoms. The lowest BCUT2D eigenvalue weighted by Gasteiger charge is -2.16. The van der Waals surface area contributed by atoms with Gasteiger partial charge in [0.2, 0.25) is 0 Å². The van der Waals surface area contributed by atoms with Gasteiger partial charge in [0, 0.05) is 19.6 Å². The molecule has 1 N–H and O–H groups in total. The predicted molar refractivity (Wildman–Crippen MR) is 84.4 cm³/mol. The molecule has 5 nitrogen and oxygen atoms in total. The Morgan fingerprint density at radius 1 is 1.10 bits per heavy atom. The summed E-state index contributed by atoms with van der Waals surface area (Å²) in [6, 6.07) is 8.12. The van der Waals surface area contributed by atoms with Crippen LogP contribution in [0.5, 0.6) is 5.75 Å². The third-order valence-corrected chi connectivity index (χ3v) is 3.11. The molecule has 0 spiro atoms. The first-order valence-corrected chi connectivity index (χ1v) is 7.07. The van der Waals surface area contributed by atoms with Crippen LogP contribution < -0.4 is 10.1 Å². The molecule has 2 aromatic rings. The summed E-state index contributed by atoms with van der Waals surface area (Å²) in [5.74, 6) is 1.70. The third-order valence-electron chi connectivity index (χ3n) is 3.11. The fourth-order valence-corrected chi connectivity index (χ4v) is 2.08. The molecule has 5 heteroatoms. The van der Waals surface area contributed by atoms with E-state index in [1.54, 1.807) is 13.3 Å². The Morgan fingerprint density at radius 3 is 2.43 bits per heavy atom. The Balaban J connectivity index is 1.89. The van der Waals surface area contributed by atoms with Gasteiger partial charge >= 0.3 is 0 Å². The molecular formula is C16H22N4O. The molecule has 2 rings (SSSR count). The normalized spacial score (nSPS) is 10.7. The SMILES string of the molecule is CCNc1cnc(CN(C)Cc2ccc(OC)cc2)cn1. The van der Waals surface area contributed by atoms with Crippen LogP contribution in [0.1, 0.15) is 18.2 Å². The highest BCUT2D eigenvalue weighted by Crippen LogP contribution is 2.13. The molecule has 0 amide bonds. The van der Waals surface area contributed by atoms with E-state index in [0.29, 0.717) is 0 Å². The highest BCUT2D eigenvalue weighted by Gasteiger charge is 2.04. The van der Waals surface area contributed by atoms with E-state index in [2.05, 4.69) is 39.4 Å². The fraction of sp³-hybridized carbons (Fsp3) is 0.375. The monoisotopic (exact) mass is 286 g/mol. The molecule has 0 saturated heterocycles. The molecule has 0 aliphatic carbocycles. The molecule has 0 atom stereocenters. The maximum Gasteiger partial charge on any atom is 0.144 e. The molecule has 0 fully saturated rings. The molecule has 0 aliphatic heterocycles. The van der Waals surface area contributed by atoms with Crippen LogP contribution >= 0.6 is 0 Å². The van der Waals surface area contributed by atoms with Crippen LogP contribution in [0.15, 0.2) is 36.7 Å². The van der Waals surface area contributed by atoms with Gasteiger partial charge in [-0.1, -0.05) is 12.1 Å². The summed E-state index contributed by atoms with van der Waals surface area (Å²) in [7, 11) is 3.75. The highest BCUT2D eigenvalue weighted by atomic mass is 16.5. The van der Waals surface area contributed by atoms with Gasteiger partial charge in [-0.05, 0) is 31.7 Å². The zero-order valence-corrected chi connectivity index (χ0v) is 12.8. The largest absolute Gasteiger partial charge is 0.497 e. The number of aromatic nitrogens is 2. The molecule has 0 aliphatic rings. The highest BCUT2D eigenvalue weighted by molar-refractivity contribution is 5.30.